The van der Waals surface area contributed by atoms with Crippen molar-refractivity contribution in [2.24, 2.45) is 5.92 Å². The highest BCUT2D eigenvalue weighted by molar-refractivity contribution is 7.16. The van der Waals surface area contributed by atoms with Gasteiger partial charge in [0.15, 0.2) is 0 Å². The number of thiophene rings is 1. The summed E-state index contributed by atoms with van der Waals surface area (Å²) in [7, 11) is 0. The van der Waals surface area contributed by atoms with Crippen LogP contribution in [0.3, 0.4) is 0 Å². The van der Waals surface area contributed by atoms with Gasteiger partial charge in [-0.2, -0.15) is 0 Å². The van der Waals surface area contributed by atoms with E-state index in [2.05, 4.69) is 23.2 Å². The van der Waals surface area contributed by atoms with Gasteiger partial charge in [0.05, 0.1) is 4.34 Å². The Kier molecular flexibility index (Phi) is 3.94. The van der Waals surface area contributed by atoms with Crippen molar-refractivity contribution in [3.8, 4) is 0 Å². The van der Waals surface area contributed by atoms with Crippen molar-refractivity contribution in [3.63, 3.8) is 0 Å². The highest BCUT2D eigenvalue weighted by atomic mass is 35.5. The lowest BCUT2D eigenvalue weighted by Gasteiger charge is -2.17. The van der Waals surface area contributed by atoms with Gasteiger partial charge in [0.1, 0.15) is 0 Å². The molecular weight excluding hydrogens is 264 g/mol. The zero-order valence-electron chi connectivity index (χ0n) is 10.9. The molecule has 1 aliphatic heterocycles. The van der Waals surface area contributed by atoms with Crippen LogP contribution in [0, 0.1) is 5.92 Å². The molecule has 1 aromatic rings. The third kappa shape index (κ3) is 3.08. The summed E-state index contributed by atoms with van der Waals surface area (Å²) in [5, 5.41) is 3.66. The van der Waals surface area contributed by atoms with Crippen LogP contribution in [-0.4, -0.2) is 30.6 Å². The minimum atomic E-state index is 0.428. The minimum Gasteiger partial charge on any atom is -0.309 e. The summed E-state index contributed by atoms with van der Waals surface area (Å²) in [4.78, 5) is 4.02. The fourth-order valence-corrected chi connectivity index (χ4v) is 3.89. The van der Waals surface area contributed by atoms with Crippen LogP contribution in [0.15, 0.2) is 12.1 Å². The minimum absolute atomic E-state index is 0.428. The lowest BCUT2D eigenvalue weighted by molar-refractivity contribution is 0.310. The van der Waals surface area contributed by atoms with Crippen LogP contribution in [0.2, 0.25) is 4.34 Å². The quantitative estimate of drug-likeness (QED) is 0.890. The first-order chi connectivity index (χ1) is 8.72. The number of likely N-dealkylation sites (tertiary alicyclic amines) is 1. The number of nitrogens with zero attached hydrogens (tertiary/aromatic N) is 1. The van der Waals surface area contributed by atoms with E-state index in [1.807, 2.05) is 6.07 Å². The van der Waals surface area contributed by atoms with Gasteiger partial charge in [-0.05, 0) is 57.3 Å². The second-order valence-electron chi connectivity index (χ2n) is 5.65. The number of nitrogens with one attached hydrogen (secondary N) is 1. The van der Waals surface area contributed by atoms with Crippen molar-refractivity contribution >= 4 is 22.9 Å². The van der Waals surface area contributed by atoms with E-state index in [1.165, 1.54) is 37.2 Å². The maximum atomic E-state index is 5.98. The van der Waals surface area contributed by atoms with Crippen LogP contribution < -0.4 is 5.32 Å². The molecule has 2 nitrogen and oxygen atoms in total. The molecule has 18 heavy (non-hydrogen) atoms. The Morgan fingerprint density at radius 1 is 1.44 bits per heavy atom. The van der Waals surface area contributed by atoms with Gasteiger partial charge in [-0.25, -0.2) is 0 Å². The zero-order chi connectivity index (χ0) is 12.5. The monoisotopic (exact) mass is 284 g/mol. The molecule has 1 saturated heterocycles. The highest BCUT2D eigenvalue weighted by Crippen LogP contribution is 2.32. The average Bonchev–Trinajstić information content (AvgIpc) is 2.95. The van der Waals surface area contributed by atoms with E-state index in [1.54, 1.807) is 11.3 Å². The first-order valence-electron chi connectivity index (χ1n) is 6.95. The predicted octanol–water partition coefficient (Wildman–Crippen LogP) is 3.54. The second kappa shape index (κ2) is 5.49. The van der Waals surface area contributed by atoms with E-state index >= 15 is 0 Å². The molecular formula is C14H21ClN2S. The normalized spacial score (nSPS) is 26.7. The van der Waals surface area contributed by atoms with E-state index in [9.17, 15) is 0 Å². The molecule has 0 aromatic carbocycles. The van der Waals surface area contributed by atoms with Crippen molar-refractivity contribution in [2.45, 2.75) is 38.3 Å². The largest absolute Gasteiger partial charge is 0.309 e. The van der Waals surface area contributed by atoms with Crippen molar-refractivity contribution in [1.29, 1.82) is 0 Å². The number of halogens is 1. The van der Waals surface area contributed by atoms with Crippen LogP contribution in [0.4, 0.5) is 0 Å². The van der Waals surface area contributed by atoms with E-state index in [4.69, 9.17) is 11.6 Å². The number of hydrogen-bond donors (Lipinski definition) is 1. The molecule has 1 saturated carbocycles. The summed E-state index contributed by atoms with van der Waals surface area (Å²) in [5.74, 6) is 0.837. The molecule has 0 spiro atoms. The van der Waals surface area contributed by atoms with Crippen LogP contribution in [0.1, 0.15) is 37.1 Å². The van der Waals surface area contributed by atoms with Gasteiger partial charge in [-0.1, -0.05) is 11.6 Å². The van der Waals surface area contributed by atoms with Crippen molar-refractivity contribution in [3.05, 3.63) is 21.3 Å². The Morgan fingerprint density at radius 2 is 2.28 bits per heavy atom. The predicted molar refractivity (Wildman–Crippen MR) is 78.4 cm³/mol. The SMILES string of the molecule is CC(NCC1CCN(C2CC2)C1)c1ccc(Cl)s1. The molecule has 0 amide bonds. The summed E-state index contributed by atoms with van der Waals surface area (Å²) in [6.07, 6.45) is 4.23. The molecule has 0 radical (unpaired) electrons. The Balaban J connectivity index is 1.44. The molecule has 0 bridgehead atoms. The van der Waals surface area contributed by atoms with E-state index in [0.717, 1.165) is 22.8 Å². The molecule has 100 valence electrons. The molecule has 3 rings (SSSR count). The van der Waals surface area contributed by atoms with Gasteiger partial charge in [0.25, 0.3) is 0 Å². The average molecular weight is 285 g/mol. The Morgan fingerprint density at radius 3 is 2.94 bits per heavy atom. The Hall–Kier alpha value is -0.0900. The van der Waals surface area contributed by atoms with Crippen LogP contribution in [0.5, 0.6) is 0 Å². The highest BCUT2D eigenvalue weighted by Gasteiger charge is 2.34. The van der Waals surface area contributed by atoms with E-state index < -0.39 is 0 Å². The molecule has 1 N–H and O–H groups in total. The van der Waals surface area contributed by atoms with E-state index in [0.29, 0.717) is 6.04 Å². The zero-order valence-corrected chi connectivity index (χ0v) is 12.4. The van der Waals surface area contributed by atoms with Gasteiger partial charge < -0.3 is 10.2 Å². The summed E-state index contributed by atoms with van der Waals surface area (Å²) in [5.41, 5.74) is 0. The first-order valence-corrected chi connectivity index (χ1v) is 8.14. The van der Waals surface area contributed by atoms with Crippen molar-refractivity contribution in [1.82, 2.24) is 10.2 Å². The van der Waals surface area contributed by atoms with Gasteiger partial charge >= 0.3 is 0 Å². The molecule has 2 heterocycles. The smallest absolute Gasteiger partial charge is 0.0931 e. The molecule has 2 unspecified atom stereocenters. The maximum absolute atomic E-state index is 5.98. The molecule has 4 heteroatoms. The lowest BCUT2D eigenvalue weighted by atomic mass is 10.1. The molecule has 2 fully saturated rings. The number of rotatable bonds is 5. The first kappa shape index (κ1) is 12.9. The topological polar surface area (TPSA) is 15.3 Å². The third-order valence-electron chi connectivity index (χ3n) is 4.11. The van der Waals surface area contributed by atoms with Crippen LogP contribution >= 0.6 is 22.9 Å². The lowest BCUT2D eigenvalue weighted by Crippen LogP contribution is -2.28. The fourth-order valence-electron chi connectivity index (χ4n) is 2.81. The van der Waals surface area contributed by atoms with E-state index in [-0.39, 0.29) is 0 Å². The van der Waals surface area contributed by atoms with Crippen LogP contribution in [-0.2, 0) is 0 Å². The molecule has 1 aromatic heterocycles. The van der Waals surface area contributed by atoms with Gasteiger partial charge in [-0.15, -0.1) is 11.3 Å². The summed E-state index contributed by atoms with van der Waals surface area (Å²) in [6.45, 7) is 5.99. The summed E-state index contributed by atoms with van der Waals surface area (Å²) < 4.78 is 0.888. The van der Waals surface area contributed by atoms with Crippen LogP contribution in [0.25, 0.3) is 0 Å². The third-order valence-corrected chi connectivity index (χ3v) is 5.53. The van der Waals surface area contributed by atoms with Gasteiger partial charge in [-0.3, -0.25) is 0 Å². The van der Waals surface area contributed by atoms with Gasteiger partial charge in [0, 0.05) is 23.5 Å². The molecule has 2 aliphatic rings. The molecule has 1 aliphatic carbocycles. The van der Waals surface area contributed by atoms with Crippen molar-refractivity contribution in [2.75, 3.05) is 19.6 Å². The molecule has 2 atom stereocenters. The fraction of sp³-hybridized carbons (Fsp3) is 0.714. The Labute approximate surface area is 118 Å². The second-order valence-corrected chi connectivity index (χ2v) is 7.40. The number of hydrogen-bond acceptors (Lipinski definition) is 3. The Bertz CT molecular complexity index is 402. The van der Waals surface area contributed by atoms with Crippen molar-refractivity contribution < 1.29 is 0 Å². The summed E-state index contributed by atoms with van der Waals surface area (Å²) in [6, 6.07) is 5.49. The summed E-state index contributed by atoms with van der Waals surface area (Å²) >= 11 is 7.66. The van der Waals surface area contributed by atoms with Gasteiger partial charge in [0.2, 0.25) is 0 Å². The maximum Gasteiger partial charge on any atom is 0.0931 e. The standard InChI is InChI=1S/C14H21ClN2S/c1-10(13-4-5-14(15)18-13)16-8-11-6-7-17(9-11)12-2-3-12/h4-5,10-12,16H,2-3,6-9H2,1H3.